The highest BCUT2D eigenvalue weighted by Gasteiger charge is 2.15. The fourth-order valence-corrected chi connectivity index (χ4v) is 1.99. The van der Waals surface area contributed by atoms with Crippen LogP contribution >= 0.6 is 11.6 Å². The van der Waals surface area contributed by atoms with Crippen molar-refractivity contribution in [2.45, 2.75) is 6.42 Å². The molecule has 5 heteroatoms. The van der Waals surface area contributed by atoms with Gasteiger partial charge in [0.05, 0.1) is 10.7 Å². The Morgan fingerprint density at radius 3 is 2.33 bits per heavy atom. The molecule has 0 bridgehead atoms. The Morgan fingerprint density at radius 1 is 1.05 bits per heavy atom. The Kier molecular flexibility index (Phi) is 4.95. The van der Waals surface area contributed by atoms with Crippen molar-refractivity contribution in [3.63, 3.8) is 0 Å². The minimum atomic E-state index is -0.393. The van der Waals surface area contributed by atoms with Crippen LogP contribution in [0.5, 0.6) is 0 Å². The number of nitrogens with one attached hydrogen (secondary N) is 1. The number of hydrogen-bond acceptors (Lipinski definition) is 2. The van der Waals surface area contributed by atoms with Gasteiger partial charge in [0.2, 0.25) is 11.8 Å². The molecule has 2 aromatic rings. The lowest BCUT2D eigenvalue weighted by Gasteiger charge is -2.17. The number of rotatable bonds is 4. The molecule has 1 N–H and O–H groups in total. The van der Waals surface area contributed by atoms with Crippen LogP contribution in [0.15, 0.2) is 54.6 Å². The summed E-state index contributed by atoms with van der Waals surface area (Å²) in [4.78, 5) is 25.4. The topological polar surface area (TPSA) is 49.4 Å². The molecule has 21 heavy (non-hydrogen) atoms. The van der Waals surface area contributed by atoms with E-state index in [1.165, 1.54) is 4.90 Å². The third kappa shape index (κ3) is 4.07. The van der Waals surface area contributed by atoms with Gasteiger partial charge in [-0.05, 0) is 24.3 Å². The van der Waals surface area contributed by atoms with E-state index in [0.717, 1.165) is 5.69 Å². The lowest BCUT2D eigenvalue weighted by atomic mass is 10.2. The summed E-state index contributed by atoms with van der Waals surface area (Å²) in [5.41, 5.74) is 1.24. The summed E-state index contributed by atoms with van der Waals surface area (Å²) in [6.45, 7) is 0. The summed E-state index contributed by atoms with van der Waals surface area (Å²) in [6, 6.07) is 16.1. The van der Waals surface area contributed by atoms with Gasteiger partial charge in [-0.1, -0.05) is 41.9 Å². The van der Waals surface area contributed by atoms with E-state index in [0.29, 0.717) is 10.7 Å². The molecule has 0 saturated heterocycles. The number of anilines is 2. The average Bonchev–Trinajstić information content (AvgIpc) is 2.49. The van der Waals surface area contributed by atoms with Crippen LogP contribution in [0.1, 0.15) is 6.42 Å². The highest BCUT2D eigenvalue weighted by atomic mass is 35.5. The molecule has 0 aromatic heterocycles. The summed E-state index contributed by atoms with van der Waals surface area (Å²) >= 11 is 5.95. The molecule has 0 aliphatic rings. The van der Waals surface area contributed by atoms with Crippen molar-refractivity contribution < 1.29 is 9.59 Å². The minimum Gasteiger partial charge on any atom is -0.324 e. The van der Waals surface area contributed by atoms with E-state index in [2.05, 4.69) is 5.32 Å². The monoisotopic (exact) mass is 302 g/mol. The predicted molar refractivity (Wildman–Crippen MR) is 84.6 cm³/mol. The van der Waals surface area contributed by atoms with Crippen LogP contribution in [-0.4, -0.2) is 18.9 Å². The van der Waals surface area contributed by atoms with E-state index < -0.39 is 5.91 Å². The van der Waals surface area contributed by atoms with Crippen LogP contribution in [0.3, 0.4) is 0 Å². The quantitative estimate of drug-likeness (QED) is 0.881. The molecule has 0 spiro atoms. The number of amides is 2. The van der Waals surface area contributed by atoms with Crippen LogP contribution in [0, 0.1) is 0 Å². The average molecular weight is 303 g/mol. The number of carbonyl (C=O) groups excluding carboxylic acids is 2. The molecular formula is C16H15ClN2O2. The van der Waals surface area contributed by atoms with Crippen LogP contribution in [-0.2, 0) is 9.59 Å². The van der Waals surface area contributed by atoms with Gasteiger partial charge in [0.1, 0.15) is 6.42 Å². The lowest BCUT2D eigenvalue weighted by Crippen LogP contribution is -2.30. The Labute approximate surface area is 128 Å². The van der Waals surface area contributed by atoms with Crippen molar-refractivity contribution in [2.24, 2.45) is 0 Å². The molecule has 4 nitrogen and oxygen atoms in total. The molecule has 0 aliphatic heterocycles. The van der Waals surface area contributed by atoms with E-state index >= 15 is 0 Å². The smallest absolute Gasteiger partial charge is 0.236 e. The first-order chi connectivity index (χ1) is 10.1. The van der Waals surface area contributed by atoms with Crippen molar-refractivity contribution in [1.29, 1.82) is 0 Å². The second-order valence-corrected chi connectivity index (χ2v) is 4.90. The van der Waals surface area contributed by atoms with Crippen LogP contribution in [0.2, 0.25) is 5.02 Å². The van der Waals surface area contributed by atoms with Crippen LogP contribution in [0.25, 0.3) is 0 Å². The predicted octanol–water partition coefficient (Wildman–Crippen LogP) is 3.33. The number of hydrogen-bond donors (Lipinski definition) is 1. The highest BCUT2D eigenvalue weighted by molar-refractivity contribution is 6.33. The minimum absolute atomic E-state index is 0.239. The van der Waals surface area contributed by atoms with E-state index in [1.807, 2.05) is 30.3 Å². The van der Waals surface area contributed by atoms with Gasteiger partial charge in [-0.3, -0.25) is 9.59 Å². The molecule has 0 atom stereocenters. The maximum Gasteiger partial charge on any atom is 0.236 e. The largest absolute Gasteiger partial charge is 0.324 e. The van der Waals surface area contributed by atoms with Gasteiger partial charge in [-0.2, -0.15) is 0 Å². The summed E-state index contributed by atoms with van der Waals surface area (Å²) < 4.78 is 0. The third-order valence-electron chi connectivity index (χ3n) is 2.98. The maximum atomic E-state index is 12.1. The van der Waals surface area contributed by atoms with Crippen LogP contribution < -0.4 is 10.2 Å². The van der Waals surface area contributed by atoms with Crippen molar-refractivity contribution in [3.05, 3.63) is 59.6 Å². The standard InChI is InChI=1S/C16H15ClN2O2/c1-19(12-7-3-2-4-8-12)16(21)11-15(20)18-14-10-6-5-9-13(14)17/h2-10H,11H2,1H3,(H,18,20). The van der Waals surface area contributed by atoms with Gasteiger partial charge in [0.25, 0.3) is 0 Å². The Bertz CT molecular complexity index is 644. The fourth-order valence-electron chi connectivity index (χ4n) is 1.81. The molecule has 0 aliphatic carbocycles. The Morgan fingerprint density at radius 2 is 1.67 bits per heavy atom. The molecule has 0 radical (unpaired) electrons. The van der Waals surface area contributed by atoms with E-state index in [-0.39, 0.29) is 12.3 Å². The Balaban J connectivity index is 1.97. The second-order valence-electron chi connectivity index (χ2n) is 4.49. The number of nitrogens with zero attached hydrogens (tertiary/aromatic N) is 1. The first-order valence-electron chi connectivity index (χ1n) is 6.44. The molecule has 0 heterocycles. The number of halogens is 1. The van der Waals surface area contributed by atoms with E-state index in [1.54, 1.807) is 31.3 Å². The molecular weight excluding hydrogens is 288 g/mol. The lowest BCUT2D eigenvalue weighted by molar-refractivity contribution is -0.125. The Hall–Kier alpha value is -2.33. The van der Waals surface area contributed by atoms with Crippen LogP contribution in [0.4, 0.5) is 11.4 Å². The normalized spacial score (nSPS) is 10.0. The second kappa shape index (κ2) is 6.90. The zero-order valence-electron chi connectivity index (χ0n) is 11.5. The molecule has 2 aromatic carbocycles. The van der Waals surface area contributed by atoms with E-state index in [9.17, 15) is 9.59 Å². The summed E-state index contributed by atoms with van der Waals surface area (Å²) in [5.74, 6) is -0.679. The molecule has 2 amide bonds. The SMILES string of the molecule is CN(C(=O)CC(=O)Nc1ccccc1Cl)c1ccccc1. The number of benzene rings is 2. The summed E-state index contributed by atoms with van der Waals surface area (Å²) in [5, 5.41) is 3.07. The summed E-state index contributed by atoms with van der Waals surface area (Å²) in [6.07, 6.45) is -0.239. The van der Waals surface area contributed by atoms with Crippen molar-refractivity contribution >= 4 is 34.8 Å². The zero-order valence-corrected chi connectivity index (χ0v) is 12.3. The third-order valence-corrected chi connectivity index (χ3v) is 3.31. The molecule has 0 saturated carbocycles. The first-order valence-corrected chi connectivity index (χ1v) is 6.81. The zero-order chi connectivity index (χ0) is 15.2. The van der Waals surface area contributed by atoms with Gasteiger partial charge in [-0.25, -0.2) is 0 Å². The molecule has 0 fully saturated rings. The molecule has 108 valence electrons. The molecule has 0 unspecified atom stereocenters. The summed E-state index contributed by atoms with van der Waals surface area (Å²) in [7, 11) is 1.64. The van der Waals surface area contributed by atoms with Gasteiger partial charge >= 0.3 is 0 Å². The first kappa shape index (κ1) is 15.1. The molecule has 2 rings (SSSR count). The van der Waals surface area contributed by atoms with Gasteiger partial charge in [0, 0.05) is 12.7 Å². The van der Waals surface area contributed by atoms with E-state index in [4.69, 9.17) is 11.6 Å². The highest BCUT2D eigenvalue weighted by Crippen LogP contribution is 2.20. The van der Waals surface area contributed by atoms with Gasteiger partial charge in [-0.15, -0.1) is 0 Å². The van der Waals surface area contributed by atoms with Crippen molar-refractivity contribution in [3.8, 4) is 0 Å². The van der Waals surface area contributed by atoms with Crippen molar-refractivity contribution in [2.75, 3.05) is 17.3 Å². The fraction of sp³-hybridized carbons (Fsp3) is 0.125. The van der Waals surface area contributed by atoms with Crippen molar-refractivity contribution in [1.82, 2.24) is 0 Å². The number of para-hydroxylation sites is 2. The van der Waals surface area contributed by atoms with Gasteiger partial charge < -0.3 is 10.2 Å². The van der Waals surface area contributed by atoms with Gasteiger partial charge in [0.15, 0.2) is 0 Å². The maximum absolute atomic E-state index is 12.1. The number of carbonyl (C=O) groups is 2.